The smallest absolute Gasteiger partial charge is 0.267 e. The van der Waals surface area contributed by atoms with Crippen molar-refractivity contribution >= 4 is 12.1 Å². The summed E-state index contributed by atoms with van der Waals surface area (Å²) in [5, 5.41) is 0. The number of amides is 1. The van der Waals surface area contributed by atoms with Crippen LogP contribution < -0.4 is 0 Å². The fourth-order valence-corrected chi connectivity index (χ4v) is 3.10. The molecule has 2 heterocycles. The average Bonchev–Trinajstić information content (AvgIpc) is 2.64. The van der Waals surface area contributed by atoms with Gasteiger partial charge in [0.15, 0.2) is 0 Å². The van der Waals surface area contributed by atoms with Crippen molar-refractivity contribution in [2.75, 3.05) is 0 Å². The first-order valence-corrected chi connectivity index (χ1v) is 8.05. The Morgan fingerprint density at radius 1 is 1.00 bits per heavy atom. The summed E-state index contributed by atoms with van der Waals surface area (Å²) in [4.78, 5) is 20.2. The number of benzene rings is 2. The van der Waals surface area contributed by atoms with E-state index in [4.69, 9.17) is 0 Å². The number of hydrogen-bond acceptors (Lipinski definition) is 2. The predicted molar refractivity (Wildman–Crippen MR) is 96.3 cm³/mol. The van der Waals surface area contributed by atoms with Gasteiger partial charge >= 0.3 is 0 Å². The number of nitrogens with zero attached hydrogens (tertiary/aromatic N) is 2. The molecule has 4 heteroatoms. The zero-order chi connectivity index (χ0) is 17.4. The lowest BCUT2D eigenvalue weighted by atomic mass is 9.93. The minimum absolute atomic E-state index is 0.201. The highest BCUT2D eigenvalue weighted by atomic mass is 19.1. The molecule has 0 spiro atoms. The van der Waals surface area contributed by atoms with E-state index in [1.54, 1.807) is 31.5 Å². The molecule has 1 aromatic heterocycles. The highest BCUT2D eigenvalue weighted by Crippen LogP contribution is 2.32. The summed E-state index contributed by atoms with van der Waals surface area (Å²) in [5.74, 6) is -0.429. The van der Waals surface area contributed by atoms with Crippen LogP contribution in [0.15, 0.2) is 59.7 Å². The van der Waals surface area contributed by atoms with E-state index in [1.807, 2.05) is 30.3 Å². The molecule has 2 aromatic carbocycles. The second-order valence-corrected chi connectivity index (χ2v) is 6.06. The SMILES string of the molecule is Cc1cc(-c2ncccc2-c2ccc3c(c2)CC=NC3=O)ccc1F. The van der Waals surface area contributed by atoms with Crippen LogP contribution >= 0.6 is 0 Å². The van der Waals surface area contributed by atoms with Gasteiger partial charge in [-0.1, -0.05) is 12.1 Å². The summed E-state index contributed by atoms with van der Waals surface area (Å²) in [6.45, 7) is 1.74. The minimum Gasteiger partial charge on any atom is -0.267 e. The van der Waals surface area contributed by atoms with Gasteiger partial charge in [-0.05, 0) is 60.0 Å². The van der Waals surface area contributed by atoms with Crippen LogP contribution in [-0.2, 0) is 6.42 Å². The molecule has 0 saturated heterocycles. The van der Waals surface area contributed by atoms with Gasteiger partial charge in [0.2, 0.25) is 0 Å². The topological polar surface area (TPSA) is 42.3 Å². The number of hydrogen-bond donors (Lipinski definition) is 0. The van der Waals surface area contributed by atoms with E-state index in [2.05, 4.69) is 9.98 Å². The van der Waals surface area contributed by atoms with E-state index < -0.39 is 0 Å². The fraction of sp³-hybridized carbons (Fsp3) is 0.0952. The van der Waals surface area contributed by atoms with Crippen molar-refractivity contribution < 1.29 is 9.18 Å². The number of carbonyl (C=O) groups is 1. The van der Waals surface area contributed by atoms with E-state index in [0.29, 0.717) is 17.5 Å². The number of pyridine rings is 1. The molecular weight excluding hydrogens is 315 g/mol. The predicted octanol–water partition coefficient (Wildman–Crippen LogP) is 4.63. The Bertz CT molecular complexity index is 1020. The molecule has 3 nitrogen and oxygen atoms in total. The molecule has 0 aliphatic carbocycles. The van der Waals surface area contributed by atoms with E-state index >= 15 is 0 Å². The highest BCUT2D eigenvalue weighted by Gasteiger charge is 2.16. The molecule has 3 aromatic rings. The van der Waals surface area contributed by atoms with Crippen LogP contribution in [0.5, 0.6) is 0 Å². The van der Waals surface area contributed by atoms with Crippen LogP contribution in [-0.4, -0.2) is 17.1 Å². The Morgan fingerprint density at radius 3 is 2.68 bits per heavy atom. The number of rotatable bonds is 2. The van der Waals surface area contributed by atoms with Crippen molar-refractivity contribution in [2.24, 2.45) is 4.99 Å². The van der Waals surface area contributed by atoms with Crippen LogP contribution in [0, 0.1) is 12.7 Å². The van der Waals surface area contributed by atoms with Crippen molar-refractivity contribution in [3.63, 3.8) is 0 Å². The standard InChI is InChI=1S/C21H15FN2O/c1-13-11-16(5-7-19(13)22)20-17(3-2-9-23-20)14-4-6-18-15(12-14)8-10-24-21(18)25/h2-7,9-12H,8H2,1H3. The molecule has 25 heavy (non-hydrogen) atoms. The first-order valence-electron chi connectivity index (χ1n) is 8.05. The Balaban J connectivity index is 1.85. The van der Waals surface area contributed by atoms with Crippen LogP contribution in [0.1, 0.15) is 21.5 Å². The first kappa shape index (κ1) is 15.4. The van der Waals surface area contributed by atoms with Crippen LogP contribution in [0.2, 0.25) is 0 Å². The van der Waals surface area contributed by atoms with Crippen molar-refractivity contribution in [1.29, 1.82) is 0 Å². The van der Waals surface area contributed by atoms with Crippen LogP contribution in [0.3, 0.4) is 0 Å². The number of carbonyl (C=O) groups excluding carboxylic acids is 1. The van der Waals surface area contributed by atoms with Gasteiger partial charge in [-0.25, -0.2) is 9.38 Å². The molecule has 0 N–H and O–H groups in total. The lowest BCUT2D eigenvalue weighted by Gasteiger charge is -2.14. The molecule has 122 valence electrons. The van der Waals surface area contributed by atoms with Gasteiger partial charge in [0.1, 0.15) is 5.82 Å². The Labute approximate surface area is 144 Å². The van der Waals surface area contributed by atoms with Crippen LogP contribution in [0.25, 0.3) is 22.4 Å². The Kier molecular flexibility index (Phi) is 3.73. The monoisotopic (exact) mass is 330 g/mol. The maximum Gasteiger partial charge on any atom is 0.276 e. The summed E-state index contributed by atoms with van der Waals surface area (Å²) in [6.07, 6.45) is 4.01. The molecular formula is C21H15FN2O. The van der Waals surface area contributed by atoms with Gasteiger partial charge in [0.05, 0.1) is 5.69 Å². The number of aliphatic imine (C=N–C) groups is 1. The number of aromatic nitrogens is 1. The summed E-state index contributed by atoms with van der Waals surface area (Å²) in [5.41, 5.74) is 5.78. The van der Waals surface area contributed by atoms with Crippen molar-refractivity contribution in [2.45, 2.75) is 13.3 Å². The molecule has 1 aliphatic heterocycles. The molecule has 4 rings (SSSR count). The second kappa shape index (κ2) is 6.06. The quantitative estimate of drug-likeness (QED) is 0.687. The van der Waals surface area contributed by atoms with Gasteiger partial charge in [-0.2, -0.15) is 0 Å². The Hall–Kier alpha value is -3.14. The van der Waals surface area contributed by atoms with Gasteiger partial charge in [-0.3, -0.25) is 9.78 Å². The molecule has 0 saturated carbocycles. The zero-order valence-corrected chi connectivity index (χ0v) is 13.7. The van der Waals surface area contributed by atoms with Gasteiger partial charge < -0.3 is 0 Å². The molecule has 1 aliphatic rings. The van der Waals surface area contributed by atoms with E-state index in [-0.39, 0.29) is 11.7 Å². The third-order valence-electron chi connectivity index (χ3n) is 4.41. The van der Waals surface area contributed by atoms with Crippen molar-refractivity contribution in [1.82, 2.24) is 4.98 Å². The second-order valence-electron chi connectivity index (χ2n) is 6.06. The maximum atomic E-state index is 13.6. The number of halogens is 1. The Morgan fingerprint density at radius 2 is 1.84 bits per heavy atom. The molecule has 0 radical (unpaired) electrons. The fourth-order valence-electron chi connectivity index (χ4n) is 3.10. The van der Waals surface area contributed by atoms with Gasteiger partial charge in [0, 0.05) is 35.5 Å². The molecule has 0 fully saturated rings. The number of aryl methyl sites for hydroxylation is 1. The van der Waals surface area contributed by atoms with Crippen molar-refractivity contribution in [3.8, 4) is 22.4 Å². The van der Waals surface area contributed by atoms with Crippen molar-refractivity contribution in [3.05, 3.63) is 77.2 Å². The third-order valence-corrected chi connectivity index (χ3v) is 4.41. The summed E-state index contributed by atoms with van der Waals surface area (Å²) < 4.78 is 13.6. The molecule has 1 amide bonds. The number of fused-ring (bicyclic) bond motifs is 1. The normalized spacial score (nSPS) is 13.0. The summed E-state index contributed by atoms with van der Waals surface area (Å²) >= 11 is 0. The molecule has 0 bridgehead atoms. The molecule has 0 unspecified atom stereocenters. The minimum atomic E-state index is -0.229. The average molecular weight is 330 g/mol. The highest BCUT2D eigenvalue weighted by molar-refractivity contribution is 6.04. The van der Waals surface area contributed by atoms with E-state index in [9.17, 15) is 9.18 Å². The van der Waals surface area contributed by atoms with E-state index in [0.717, 1.165) is 27.9 Å². The van der Waals surface area contributed by atoms with Gasteiger partial charge in [-0.15, -0.1) is 0 Å². The summed E-state index contributed by atoms with van der Waals surface area (Å²) in [7, 11) is 0. The zero-order valence-electron chi connectivity index (χ0n) is 13.7. The lowest BCUT2D eigenvalue weighted by molar-refractivity contribution is 0.100. The largest absolute Gasteiger partial charge is 0.276 e. The van der Waals surface area contributed by atoms with Crippen LogP contribution in [0.4, 0.5) is 4.39 Å². The first-order chi connectivity index (χ1) is 12.1. The molecule has 0 atom stereocenters. The maximum absolute atomic E-state index is 13.6. The lowest BCUT2D eigenvalue weighted by Crippen LogP contribution is -2.08. The summed E-state index contributed by atoms with van der Waals surface area (Å²) in [6, 6.07) is 14.6. The third kappa shape index (κ3) is 2.76. The van der Waals surface area contributed by atoms with Gasteiger partial charge in [0.25, 0.3) is 5.91 Å². The van der Waals surface area contributed by atoms with E-state index in [1.165, 1.54) is 6.07 Å².